The molecule has 6 nitrogen and oxygen atoms in total. The van der Waals surface area contributed by atoms with Crippen LogP contribution < -0.4 is 0 Å². The van der Waals surface area contributed by atoms with E-state index in [4.69, 9.17) is 32.8 Å². The van der Waals surface area contributed by atoms with Gasteiger partial charge in [0.15, 0.2) is 27.0 Å². The molecule has 2 aliphatic heterocycles. The smallest absolute Gasteiger partial charge is 0.165 e. The van der Waals surface area contributed by atoms with E-state index in [1.54, 1.807) is 0 Å². The number of halogens is 3. The van der Waals surface area contributed by atoms with Crippen LogP contribution in [0.2, 0.25) is 10.0 Å². The maximum absolute atomic E-state index is 13.8. The number of nitrogens with zero attached hydrogens (tertiary/aromatic N) is 1. The monoisotopic (exact) mass is 525 g/mol. The Bertz CT molecular complexity index is 1330. The van der Waals surface area contributed by atoms with Gasteiger partial charge in [-0.05, 0) is 54.7 Å². The Balaban J connectivity index is 1.32. The molecular formula is C24H22Cl2FNO5S. The maximum Gasteiger partial charge on any atom is 0.165 e. The topological polar surface area (TPSA) is 82.0 Å². The predicted octanol–water partition coefficient (Wildman–Crippen LogP) is 4.92. The van der Waals surface area contributed by atoms with E-state index in [2.05, 4.69) is 5.16 Å². The Morgan fingerprint density at radius 3 is 2.53 bits per heavy atom. The van der Waals surface area contributed by atoms with Gasteiger partial charge in [-0.25, -0.2) is 12.8 Å². The second-order valence-electron chi connectivity index (χ2n) is 9.59. The van der Waals surface area contributed by atoms with E-state index < -0.39 is 32.6 Å². The number of hydrogen-bond acceptors (Lipinski definition) is 6. The molecule has 2 aromatic carbocycles. The molecule has 34 heavy (non-hydrogen) atoms. The van der Waals surface area contributed by atoms with E-state index >= 15 is 0 Å². The Labute approximate surface area is 206 Å². The number of fused-ring (bicyclic) bond motifs is 2. The second kappa shape index (κ2) is 8.01. The standard InChI is InChI=1S/C24H22Cl2FNO5S/c1-23(16-6-18(25)22(27)19(26)7-16)10-20(28-33-23)13-3-4-17-14(5-13)11-32-24(17)8-15(9-24)21(29)12-34(2,30)31/h3-7,15H,8-12H2,1-2H3. The number of carbonyl (C=O) groups excluding carboxylic acids is 1. The molecule has 1 atom stereocenters. The summed E-state index contributed by atoms with van der Waals surface area (Å²) in [7, 11) is -3.34. The lowest BCUT2D eigenvalue weighted by Gasteiger charge is -2.44. The lowest BCUT2D eigenvalue weighted by atomic mass is 9.66. The van der Waals surface area contributed by atoms with Crippen molar-refractivity contribution in [1.82, 2.24) is 0 Å². The van der Waals surface area contributed by atoms with Gasteiger partial charge in [0.05, 0.1) is 28.0 Å². The van der Waals surface area contributed by atoms with Crippen molar-refractivity contribution in [3.8, 4) is 0 Å². The van der Waals surface area contributed by atoms with Crippen molar-refractivity contribution in [3.63, 3.8) is 0 Å². The van der Waals surface area contributed by atoms with Gasteiger partial charge in [-0.2, -0.15) is 0 Å². The molecule has 3 aliphatic rings. The highest BCUT2D eigenvalue weighted by atomic mass is 35.5. The minimum Gasteiger partial charge on any atom is -0.384 e. The van der Waals surface area contributed by atoms with Crippen molar-refractivity contribution in [2.45, 2.75) is 44.0 Å². The number of hydrogen-bond donors (Lipinski definition) is 0. The fourth-order valence-electron chi connectivity index (χ4n) is 5.02. The van der Waals surface area contributed by atoms with Gasteiger partial charge in [0.25, 0.3) is 0 Å². The average molecular weight is 526 g/mol. The molecule has 10 heteroatoms. The number of benzene rings is 2. The van der Waals surface area contributed by atoms with Crippen LogP contribution in [0, 0.1) is 11.7 Å². The SMILES string of the molecule is CC1(c2cc(Cl)c(F)c(Cl)c2)CC(c2ccc3c(c2)COC32CC(C(=O)CS(C)(=O)=O)C2)=NO1. The van der Waals surface area contributed by atoms with Crippen molar-refractivity contribution in [2.75, 3.05) is 12.0 Å². The molecule has 0 amide bonds. The van der Waals surface area contributed by atoms with Crippen molar-refractivity contribution in [1.29, 1.82) is 0 Å². The van der Waals surface area contributed by atoms with Gasteiger partial charge in [-0.15, -0.1) is 0 Å². The van der Waals surface area contributed by atoms with Crippen LogP contribution in [0.25, 0.3) is 0 Å². The fraction of sp³-hybridized carbons (Fsp3) is 0.417. The molecule has 5 rings (SSSR count). The molecule has 1 unspecified atom stereocenters. The summed E-state index contributed by atoms with van der Waals surface area (Å²) in [6.07, 6.45) is 2.49. The molecule has 0 bridgehead atoms. The summed E-state index contributed by atoms with van der Waals surface area (Å²) in [4.78, 5) is 18.0. The molecule has 0 N–H and O–H groups in total. The van der Waals surface area contributed by atoms with Gasteiger partial charge in [-0.3, -0.25) is 4.79 Å². The third-order valence-electron chi connectivity index (χ3n) is 6.90. The van der Waals surface area contributed by atoms with E-state index in [0.717, 1.165) is 28.7 Å². The van der Waals surface area contributed by atoms with E-state index in [9.17, 15) is 17.6 Å². The van der Waals surface area contributed by atoms with Gasteiger partial charge in [-0.1, -0.05) is 40.5 Å². The van der Waals surface area contributed by atoms with E-state index in [1.165, 1.54) is 12.1 Å². The average Bonchev–Trinajstić information content (AvgIpc) is 3.31. The van der Waals surface area contributed by atoms with Crippen LogP contribution in [0.4, 0.5) is 4.39 Å². The zero-order valence-corrected chi connectivity index (χ0v) is 20.9. The summed E-state index contributed by atoms with van der Waals surface area (Å²) in [5, 5.41) is 4.13. The minimum atomic E-state index is -3.34. The zero-order valence-electron chi connectivity index (χ0n) is 18.5. The number of Topliss-reactive ketones (excluding diaryl/α,β-unsaturated/α-hetero) is 1. The molecule has 1 fully saturated rings. The summed E-state index contributed by atoms with van der Waals surface area (Å²) in [6.45, 7) is 2.25. The Hall–Kier alpha value is -2.00. The number of sulfone groups is 1. The molecule has 1 aliphatic carbocycles. The first-order valence-electron chi connectivity index (χ1n) is 10.8. The molecule has 0 aromatic heterocycles. The zero-order chi connectivity index (χ0) is 24.5. The lowest BCUT2D eigenvalue weighted by molar-refractivity contribution is -0.149. The molecule has 180 valence electrons. The van der Waals surface area contributed by atoms with Crippen LogP contribution in [-0.2, 0) is 42.0 Å². The molecule has 0 saturated heterocycles. The minimum absolute atomic E-state index is 0.0745. The Kier molecular flexibility index (Phi) is 5.59. The van der Waals surface area contributed by atoms with Gasteiger partial charge >= 0.3 is 0 Å². The van der Waals surface area contributed by atoms with Gasteiger partial charge < -0.3 is 9.57 Å². The molecular weight excluding hydrogens is 504 g/mol. The van der Waals surface area contributed by atoms with Crippen LogP contribution >= 0.6 is 23.2 Å². The number of oxime groups is 1. The van der Waals surface area contributed by atoms with Crippen LogP contribution in [-0.4, -0.2) is 31.9 Å². The van der Waals surface area contributed by atoms with Gasteiger partial charge in [0, 0.05) is 24.2 Å². The van der Waals surface area contributed by atoms with Crippen LogP contribution in [0.1, 0.15) is 48.4 Å². The van der Waals surface area contributed by atoms with Gasteiger partial charge in [0.1, 0.15) is 5.75 Å². The molecule has 1 spiro atoms. The lowest BCUT2D eigenvalue weighted by Crippen LogP contribution is -2.45. The Morgan fingerprint density at radius 1 is 1.21 bits per heavy atom. The number of ketones is 1. The van der Waals surface area contributed by atoms with Crippen LogP contribution in [0.3, 0.4) is 0 Å². The highest BCUT2D eigenvalue weighted by Gasteiger charge is 2.53. The highest BCUT2D eigenvalue weighted by Crippen LogP contribution is 2.54. The largest absolute Gasteiger partial charge is 0.384 e. The van der Waals surface area contributed by atoms with Crippen molar-refractivity contribution in [3.05, 3.63) is 68.4 Å². The van der Waals surface area contributed by atoms with E-state index in [0.29, 0.717) is 31.4 Å². The predicted molar refractivity (Wildman–Crippen MR) is 126 cm³/mol. The summed E-state index contributed by atoms with van der Waals surface area (Å²) in [6, 6.07) is 8.94. The van der Waals surface area contributed by atoms with Crippen molar-refractivity contribution < 1.29 is 27.2 Å². The summed E-state index contributed by atoms with van der Waals surface area (Å²) in [5.41, 5.74) is 2.91. The number of ether oxygens (including phenoxy) is 1. The van der Waals surface area contributed by atoms with E-state index in [-0.39, 0.29) is 21.7 Å². The second-order valence-corrected chi connectivity index (χ2v) is 12.5. The molecule has 2 heterocycles. The fourth-order valence-corrected chi connectivity index (χ4v) is 6.26. The first-order valence-corrected chi connectivity index (χ1v) is 13.6. The number of carbonyl (C=O) groups is 1. The molecule has 1 saturated carbocycles. The van der Waals surface area contributed by atoms with Crippen LogP contribution in [0.5, 0.6) is 0 Å². The first-order chi connectivity index (χ1) is 15.9. The Morgan fingerprint density at radius 2 is 1.88 bits per heavy atom. The first kappa shape index (κ1) is 23.7. The quantitative estimate of drug-likeness (QED) is 0.517. The third kappa shape index (κ3) is 4.04. The summed E-state index contributed by atoms with van der Waals surface area (Å²) >= 11 is 11.9. The highest BCUT2D eigenvalue weighted by molar-refractivity contribution is 7.91. The third-order valence-corrected chi connectivity index (χ3v) is 8.26. The van der Waals surface area contributed by atoms with Crippen LogP contribution in [0.15, 0.2) is 35.5 Å². The molecule has 2 aromatic rings. The normalized spacial score (nSPS) is 27.8. The van der Waals surface area contributed by atoms with Crippen molar-refractivity contribution in [2.24, 2.45) is 11.1 Å². The molecule has 0 radical (unpaired) electrons. The van der Waals surface area contributed by atoms with Crippen molar-refractivity contribution >= 4 is 44.5 Å². The summed E-state index contributed by atoms with van der Waals surface area (Å²) in [5.74, 6) is -1.65. The summed E-state index contributed by atoms with van der Waals surface area (Å²) < 4.78 is 42.8. The van der Waals surface area contributed by atoms with Gasteiger partial charge in [0.2, 0.25) is 0 Å². The maximum atomic E-state index is 13.8. The van der Waals surface area contributed by atoms with E-state index in [1.807, 2.05) is 25.1 Å². The number of rotatable bonds is 5.